The van der Waals surface area contributed by atoms with Crippen molar-refractivity contribution in [1.82, 2.24) is 5.43 Å². The molecular weight excluding hydrogens is 261 g/mol. The third kappa shape index (κ3) is 2.41. The van der Waals surface area contributed by atoms with Gasteiger partial charge in [-0.25, -0.2) is 27.8 Å². The monoisotopic (exact) mass is 269 g/mol. The van der Waals surface area contributed by atoms with Crippen molar-refractivity contribution < 1.29 is 26.7 Å². The van der Waals surface area contributed by atoms with Crippen molar-refractivity contribution in [3.05, 3.63) is 34.6 Å². The first kappa shape index (κ1) is 14.3. The number of nitrogens with one attached hydrogen (secondary N) is 1. The number of carbonyl (C=O) groups excluding carboxylic acids is 1. The Hall–Kier alpha value is -1.74. The molecule has 0 saturated heterocycles. The van der Waals surface area contributed by atoms with Crippen molar-refractivity contribution in [3.63, 3.8) is 0 Å². The average Bonchev–Trinajstić information content (AvgIpc) is 2.37. The zero-order valence-corrected chi connectivity index (χ0v) is 8.74. The molecule has 5 N–H and O–H groups in total. The lowest BCUT2D eigenvalue weighted by molar-refractivity contribution is -0.122. The standard InChI is InChI=1S/C9H8F5N3O/c10-4-2(1-3(15)9(18)17-16)5(11)7(13)8(14)6(4)12/h3H,1,15-16H2,(H,17,18)/t3-/m1/s1. The first-order chi connectivity index (χ1) is 8.31. The van der Waals surface area contributed by atoms with E-state index in [2.05, 4.69) is 0 Å². The third-order valence-electron chi connectivity index (χ3n) is 2.20. The number of hydrazine groups is 1. The second kappa shape index (κ2) is 5.27. The Bertz CT molecular complexity index is 465. The van der Waals surface area contributed by atoms with E-state index in [0.29, 0.717) is 0 Å². The maximum Gasteiger partial charge on any atom is 0.251 e. The van der Waals surface area contributed by atoms with E-state index in [9.17, 15) is 26.7 Å². The lowest BCUT2D eigenvalue weighted by atomic mass is 10.0. The normalized spacial score (nSPS) is 12.4. The summed E-state index contributed by atoms with van der Waals surface area (Å²) in [6.07, 6.45) is -0.880. The lowest BCUT2D eigenvalue weighted by Gasteiger charge is -2.12. The molecule has 1 aromatic carbocycles. The molecule has 4 nitrogen and oxygen atoms in total. The average molecular weight is 269 g/mol. The lowest BCUT2D eigenvalue weighted by Crippen LogP contribution is -2.45. The van der Waals surface area contributed by atoms with E-state index in [0.717, 1.165) is 0 Å². The molecule has 9 heteroatoms. The molecule has 1 atom stereocenters. The quantitative estimate of drug-likeness (QED) is 0.184. The highest BCUT2D eigenvalue weighted by Crippen LogP contribution is 2.23. The summed E-state index contributed by atoms with van der Waals surface area (Å²) in [5.41, 5.74) is 5.60. The van der Waals surface area contributed by atoms with Crippen LogP contribution in [0.5, 0.6) is 0 Å². The van der Waals surface area contributed by atoms with Crippen LogP contribution in [0.1, 0.15) is 5.56 Å². The predicted octanol–water partition coefficient (Wildman–Crippen LogP) is 0.242. The van der Waals surface area contributed by atoms with E-state index >= 15 is 0 Å². The predicted molar refractivity (Wildman–Crippen MR) is 50.2 cm³/mol. The second-order valence-corrected chi connectivity index (χ2v) is 3.37. The van der Waals surface area contributed by atoms with Crippen LogP contribution >= 0.6 is 0 Å². The van der Waals surface area contributed by atoms with Crippen molar-refractivity contribution >= 4 is 5.91 Å². The van der Waals surface area contributed by atoms with E-state index < -0.39 is 53.0 Å². The van der Waals surface area contributed by atoms with Crippen molar-refractivity contribution in [1.29, 1.82) is 0 Å². The van der Waals surface area contributed by atoms with Gasteiger partial charge in [-0.3, -0.25) is 10.2 Å². The van der Waals surface area contributed by atoms with Gasteiger partial charge in [0.2, 0.25) is 5.82 Å². The zero-order valence-electron chi connectivity index (χ0n) is 8.74. The third-order valence-corrected chi connectivity index (χ3v) is 2.20. The van der Waals surface area contributed by atoms with E-state index in [1.165, 1.54) is 0 Å². The minimum atomic E-state index is -2.27. The molecule has 0 aliphatic rings. The Morgan fingerprint density at radius 2 is 1.39 bits per heavy atom. The van der Waals surface area contributed by atoms with Crippen LogP contribution in [0.15, 0.2) is 0 Å². The number of hydrogen-bond donors (Lipinski definition) is 3. The highest BCUT2D eigenvalue weighted by molar-refractivity contribution is 5.81. The van der Waals surface area contributed by atoms with Crippen LogP contribution in [0.3, 0.4) is 0 Å². The van der Waals surface area contributed by atoms with Gasteiger partial charge < -0.3 is 5.73 Å². The Balaban J connectivity index is 3.22. The second-order valence-electron chi connectivity index (χ2n) is 3.37. The minimum Gasteiger partial charge on any atom is -0.320 e. The molecular formula is C9H8F5N3O. The topological polar surface area (TPSA) is 81.1 Å². The van der Waals surface area contributed by atoms with Crippen molar-refractivity contribution in [2.75, 3.05) is 0 Å². The summed E-state index contributed by atoms with van der Waals surface area (Å²) in [5.74, 6) is -6.79. The number of carbonyl (C=O) groups is 1. The fraction of sp³-hybridized carbons (Fsp3) is 0.222. The van der Waals surface area contributed by atoms with Crippen LogP contribution < -0.4 is 17.0 Å². The van der Waals surface area contributed by atoms with E-state index in [-0.39, 0.29) is 0 Å². The maximum atomic E-state index is 13.2. The molecule has 0 radical (unpaired) electrons. The summed E-state index contributed by atoms with van der Waals surface area (Å²) in [6.45, 7) is 0. The van der Waals surface area contributed by atoms with Gasteiger partial charge in [0.05, 0.1) is 6.04 Å². The zero-order chi connectivity index (χ0) is 14.0. The fourth-order valence-corrected chi connectivity index (χ4v) is 1.25. The van der Waals surface area contributed by atoms with E-state index in [4.69, 9.17) is 11.6 Å². The Morgan fingerprint density at radius 3 is 1.78 bits per heavy atom. The first-order valence-electron chi connectivity index (χ1n) is 4.57. The molecule has 0 saturated carbocycles. The van der Waals surface area contributed by atoms with E-state index in [1.807, 2.05) is 0 Å². The van der Waals surface area contributed by atoms with Gasteiger partial charge in [0.1, 0.15) is 0 Å². The summed E-state index contributed by atoms with van der Waals surface area (Å²) in [6, 6.07) is -1.54. The van der Waals surface area contributed by atoms with Crippen molar-refractivity contribution in [3.8, 4) is 0 Å². The molecule has 0 heterocycles. The maximum absolute atomic E-state index is 13.2. The Labute approximate surface area is 97.7 Å². The molecule has 0 unspecified atom stereocenters. The molecule has 0 bridgehead atoms. The molecule has 18 heavy (non-hydrogen) atoms. The molecule has 0 aliphatic heterocycles. The highest BCUT2D eigenvalue weighted by Gasteiger charge is 2.27. The molecule has 1 aromatic rings. The molecule has 0 aromatic heterocycles. The summed E-state index contributed by atoms with van der Waals surface area (Å²) in [7, 11) is 0. The number of nitrogens with two attached hydrogens (primary N) is 2. The summed E-state index contributed by atoms with van der Waals surface area (Å²) >= 11 is 0. The van der Waals surface area contributed by atoms with Gasteiger partial charge in [0.25, 0.3) is 5.91 Å². The summed E-state index contributed by atoms with van der Waals surface area (Å²) in [4.78, 5) is 10.9. The van der Waals surface area contributed by atoms with Crippen LogP contribution in [-0.4, -0.2) is 11.9 Å². The molecule has 0 spiro atoms. The number of benzene rings is 1. The smallest absolute Gasteiger partial charge is 0.251 e. The van der Waals surface area contributed by atoms with Gasteiger partial charge in [-0.15, -0.1) is 0 Å². The minimum absolute atomic E-state index is 0.880. The van der Waals surface area contributed by atoms with Crippen LogP contribution in [0.2, 0.25) is 0 Å². The van der Waals surface area contributed by atoms with Crippen molar-refractivity contribution in [2.45, 2.75) is 12.5 Å². The summed E-state index contributed by atoms with van der Waals surface area (Å²) < 4.78 is 64.7. The van der Waals surface area contributed by atoms with Crippen LogP contribution in [0.25, 0.3) is 0 Å². The van der Waals surface area contributed by atoms with Crippen LogP contribution in [0.4, 0.5) is 22.0 Å². The van der Waals surface area contributed by atoms with Gasteiger partial charge in [-0.05, 0) is 0 Å². The van der Waals surface area contributed by atoms with Gasteiger partial charge in [0.15, 0.2) is 23.3 Å². The van der Waals surface area contributed by atoms with E-state index in [1.54, 1.807) is 5.43 Å². The number of halogens is 5. The molecule has 0 fully saturated rings. The van der Waals surface area contributed by atoms with Crippen LogP contribution in [0, 0.1) is 29.1 Å². The van der Waals surface area contributed by atoms with Gasteiger partial charge in [-0.2, -0.15) is 0 Å². The van der Waals surface area contributed by atoms with Gasteiger partial charge in [-0.1, -0.05) is 0 Å². The largest absolute Gasteiger partial charge is 0.320 e. The summed E-state index contributed by atoms with van der Waals surface area (Å²) in [5, 5.41) is 0. The first-order valence-corrected chi connectivity index (χ1v) is 4.57. The molecule has 100 valence electrons. The number of hydrogen-bond acceptors (Lipinski definition) is 3. The SMILES string of the molecule is NNC(=O)[C@H](N)Cc1c(F)c(F)c(F)c(F)c1F. The highest BCUT2D eigenvalue weighted by atomic mass is 19.2. The molecule has 0 aliphatic carbocycles. The Morgan fingerprint density at radius 1 is 1.00 bits per heavy atom. The number of rotatable bonds is 3. The molecule has 1 amide bonds. The Kier molecular flexibility index (Phi) is 4.19. The molecule has 1 rings (SSSR count). The number of amides is 1. The van der Waals surface area contributed by atoms with Crippen LogP contribution in [-0.2, 0) is 11.2 Å². The van der Waals surface area contributed by atoms with Crippen molar-refractivity contribution in [2.24, 2.45) is 11.6 Å². The fourth-order valence-electron chi connectivity index (χ4n) is 1.25. The van der Waals surface area contributed by atoms with Gasteiger partial charge in [0, 0.05) is 12.0 Å². The van der Waals surface area contributed by atoms with Gasteiger partial charge >= 0.3 is 0 Å².